The third-order valence-electron chi connectivity index (χ3n) is 3.91. The maximum atomic E-state index is 10.2. The topological polar surface area (TPSA) is 66.5 Å². The third kappa shape index (κ3) is 2.79. The molecule has 1 aromatic rings. The minimum atomic E-state index is -0.467. The van der Waals surface area contributed by atoms with Crippen molar-refractivity contribution in [1.29, 1.82) is 0 Å². The van der Waals surface area contributed by atoms with Gasteiger partial charge in [0.2, 0.25) is 0 Å². The van der Waals surface area contributed by atoms with Gasteiger partial charge in [-0.25, -0.2) is 0 Å². The number of nitrogens with two attached hydrogens (primary N) is 1. The molecule has 1 aliphatic rings. The molecule has 0 bridgehead atoms. The summed E-state index contributed by atoms with van der Waals surface area (Å²) >= 11 is 0. The van der Waals surface area contributed by atoms with Crippen LogP contribution in [0.5, 0.6) is 5.75 Å². The van der Waals surface area contributed by atoms with Crippen molar-refractivity contribution in [2.75, 3.05) is 0 Å². The lowest BCUT2D eigenvalue weighted by molar-refractivity contribution is 0.0410. The monoisotopic (exact) mass is 271 g/mol. The number of benzene rings is 1. The molecule has 2 atom stereocenters. The maximum Gasteiger partial charge on any atom is 0.116 e. The van der Waals surface area contributed by atoms with Gasteiger partial charge < -0.3 is 15.9 Å². The molecule has 4 heteroatoms. The van der Waals surface area contributed by atoms with Gasteiger partial charge in [-0.15, -0.1) is 12.4 Å². The van der Waals surface area contributed by atoms with E-state index in [1.54, 1.807) is 12.1 Å². The highest BCUT2D eigenvalue weighted by Gasteiger charge is 2.31. The van der Waals surface area contributed by atoms with Crippen molar-refractivity contribution in [2.24, 2.45) is 11.7 Å². The van der Waals surface area contributed by atoms with Crippen LogP contribution in [0.1, 0.15) is 42.0 Å². The summed E-state index contributed by atoms with van der Waals surface area (Å²) in [5.74, 6) is 0.603. The van der Waals surface area contributed by atoms with E-state index in [1.807, 2.05) is 13.8 Å². The Kier molecular flexibility index (Phi) is 5.02. The smallest absolute Gasteiger partial charge is 0.116 e. The van der Waals surface area contributed by atoms with Gasteiger partial charge in [0, 0.05) is 0 Å². The Hall–Kier alpha value is -0.770. The van der Waals surface area contributed by atoms with E-state index in [0.29, 0.717) is 5.92 Å². The SMILES string of the molecule is Cc1cc(O)cc(C)c1[C@@H](N)[C@@H](O)C1CCC1.Cl. The zero-order valence-electron chi connectivity index (χ0n) is 10.9. The van der Waals surface area contributed by atoms with Gasteiger partial charge in [-0.1, -0.05) is 6.42 Å². The van der Waals surface area contributed by atoms with E-state index >= 15 is 0 Å². The first-order valence-corrected chi connectivity index (χ1v) is 6.24. The summed E-state index contributed by atoms with van der Waals surface area (Å²) in [6.07, 6.45) is 2.88. The van der Waals surface area contributed by atoms with E-state index < -0.39 is 6.10 Å². The molecular weight excluding hydrogens is 250 g/mol. The van der Waals surface area contributed by atoms with Gasteiger partial charge in [-0.05, 0) is 61.4 Å². The van der Waals surface area contributed by atoms with Crippen LogP contribution in [0, 0.1) is 19.8 Å². The lowest BCUT2D eigenvalue weighted by Gasteiger charge is -2.34. The predicted octanol–water partition coefficient (Wildman–Crippen LogP) is 2.59. The van der Waals surface area contributed by atoms with Crippen LogP contribution >= 0.6 is 12.4 Å². The Morgan fingerprint density at radius 1 is 1.22 bits per heavy atom. The van der Waals surface area contributed by atoms with Gasteiger partial charge in [0.15, 0.2) is 0 Å². The number of aliphatic hydroxyl groups excluding tert-OH is 1. The van der Waals surface area contributed by atoms with Crippen LogP contribution in [-0.2, 0) is 0 Å². The van der Waals surface area contributed by atoms with Gasteiger partial charge in [-0.3, -0.25) is 0 Å². The van der Waals surface area contributed by atoms with Crippen LogP contribution < -0.4 is 5.73 Å². The molecule has 0 saturated heterocycles. The molecule has 0 amide bonds. The number of aryl methyl sites for hydroxylation is 2. The minimum Gasteiger partial charge on any atom is -0.508 e. The van der Waals surface area contributed by atoms with Crippen LogP contribution in [0.25, 0.3) is 0 Å². The van der Waals surface area contributed by atoms with Crippen LogP contribution in [-0.4, -0.2) is 16.3 Å². The number of rotatable bonds is 3. The van der Waals surface area contributed by atoms with Gasteiger partial charge in [-0.2, -0.15) is 0 Å². The quantitative estimate of drug-likeness (QED) is 0.792. The van der Waals surface area contributed by atoms with E-state index in [9.17, 15) is 10.2 Å². The van der Waals surface area contributed by atoms with Crippen LogP contribution in [0.4, 0.5) is 0 Å². The first-order valence-electron chi connectivity index (χ1n) is 6.24. The number of phenolic OH excluding ortho intramolecular Hbond substituents is 1. The first-order chi connectivity index (χ1) is 8.00. The molecule has 0 unspecified atom stereocenters. The Bertz CT molecular complexity index is 395. The van der Waals surface area contributed by atoms with E-state index in [-0.39, 0.29) is 24.2 Å². The third-order valence-corrected chi connectivity index (χ3v) is 3.91. The van der Waals surface area contributed by atoms with Crippen molar-refractivity contribution < 1.29 is 10.2 Å². The minimum absolute atomic E-state index is 0. The highest BCUT2D eigenvalue weighted by molar-refractivity contribution is 5.85. The Balaban J connectivity index is 0.00000162. The summed E-state index contributed by atoms with van der Waals surface area (Å²) in [6, 6.07) is 3.06. The fourth-order valence-electron chi connectivity index (χ4n) is 2.72. The van der Waals surface area contributed by atoms with E-state index in [0.717, 1.165) is 29.5 Å². The fourth-order valence-corrected chi connectivity index (χ4v) is 2.72. The molecular formula is C14H22ClNO2. The molecule has 2 rings (SSSR count). The average Bonchev–Trinajstić information content (AvgIpc) is 2.12. The summed E-state index contributed by atoms with van der Waals surface area (Å²) in [6.45, 7) is 3.85. The summed E-state index contributed by atoms with van der Waals surface area (Å²) < 4.78 is 0. The lowest BCUT2D eigenvalue weighted by atomic mass is 9.76. The molecule has 1 saturated carbocycles. The van der Waals surface area contributed by atoms with Crippen molar-refractivity contribution >= 4 is 12.4 Å². The molecule has 0 heterocycles. The van der Waals surface area contributed by atoms with E-state index in [4.69, 9.17) is 5.73 Å². The largest absolute Gasteiger partial charge is 0.508 e. The fraction of sp³-hybridized carbons (Fsp3) is 0.571. The van der Waals surface area contributed by atoms with Crippen molar-refractivity contribution in [3.05, 3.63) is 28.8 Å². The second-order valence-corrected chi connectivity index (χ2v) is 5.20. The highest BCUT2D eigenvalue weighted by atomic mass is 35.5. The number of hydrogen-bond acceptors (Lipinski definition) is 3. The number of phenols is 1. The number of aromatic hydroxyl groups is 1. The zero-order valence-corrected chi connectivity index (χ0v) is 11.7. The van der Waals surface area contributed by atoms with Gasteiger partial charge in [0.1, 0.15) is 5.75 Å². The molecule has 3 nitrogen and oxygen atoms in total. The number of hydrogen-bond donors (Lipinski definition) is 3. The molecule has 102 valence electrons. The van der Waals surface area contributed by atoms with Crippen LogP contribution in [0.3, 0.4) is 0 Å². The van der Waals surface area contributed by atoms with Gasteiger partial charge >= 0.3 is 0 Å². The molecule has 0 aliphatic heterocycles. The van der Waals surface area contributed by atoms with Crippen LogP contribution in [0.2, 0.25) is 0 Å². The summed E-state index contributed by atoms with van der Waals surface area (Å²) in [7, 11) is 0. The Morgan fingerprint density at radius 3 is 2.11 bits per heavy atom. The molecule has 4 N–H and O–H groups in total. The van der Waals surface area contributed by atoms with Crippen LogP contribution in [0.15, 0.2) is 12.1 Å². The first kappa shape index (κ1) is 15.3. The number of aliphatic hydroxyl groups is 1. The molecule has 0 aromatic heterocycles. The lowest BCUT2D eigenvalue weighted by Crippen LogP contribution is -2.37. The van der Waals surface area contributed by atoms with Crippen molar-refractivity contribution in [3.63, 3.8) is 0 Å². The highest BCUT2D eigenvalue weighted by Crippen LogP contribution is 2.36. The molecule has 1 fully saturated rings. The Labute approximate surface area is 114 Å². The average molecular weight is 272 g/mol. The van der Waals surface area contributed by atoms with E-state index in [1.165, 1.54) is 6.42 Å². The summed E-state index contributed by atoms with van der Waals surface area (Å²) in [5.41, 5.74) is 9.05. The second kappa shape index (κ2) is 5.91. The van der Waals surface area contributed by atoms with Crippen molar-refractivity contribution in [1.82, 2.24) is 0 Å². The summed E-state index contributed by atoms with van der Waals surface area (Å²) in [5, 5.41) is 19.7. The van der Waals surface area contributed by atoms with Crippen molar-refractivity contribution in [2.45, 2.75) is 45.3 Å². The summed E-state index contributed by atoms with van der Waals surface area (Å²) in [4.78, 5) is 0. The van der Waals surface area contributed by atoms with E-state index in [2.05, 4.69) is 0 Å². The van der Waals surface area contributed by atoms with Crippen molar-refractivity contribution in [3.8, 4) is 5.75 Å². The van der Waals surface area contributed by atoms with Gasteiger partial charge in [0.25, 0.3) is 0 Å². The predicted molar refractivity (Wildman–Crippen MR) is 75.1 cm³/mol. The molecule has 0 radical (unpaired) electrons. The zero-order chi connectivity index (χ0) is 12.6. The normalized spacial score (nSPS) is 18.7. The number of halogens is 1. The molecule has 1 aromatic carbocycles. The Morgan fingerprint density at radius 2 is 1.72 bits per heavy atom. The standard InChI is InChI=1S/C14H21NO2.ClH/c1-8-6-11(16)7-9(2)12(8)13(15)14(17)10-4-3-5-10;/h6-7,10,13-14,16-17H,3-5,15H2,1-2H3;1H/t13-,14+;/m1./s1. The maximum absolute atomic E-state index is 10.2. The second-order valence-electron chi connectivity index (χ2n) is 5.20. The molecule has 1 aliphatic carbocycles. The molecule has 0 spiro atoms. The molecule has 18 heavy (non-hydrogen) atoms. The van der Waals surface area contributed by atoms with Gasteiger partial charge in [0.05, 0.1) is 12.1 Å².